The fourth-order valence-electron chi connectivity index (χ4n) is 4.11. The first-order chi connectivity index (χ1) is 18.4. The minimum Gasteiger partial charge on any atom is -0.381 e. The number of hydrogen-bond acceptors (Lipinski definition) is 6. The molecule has 0 spiro atoms. The maximum atomic E-state index is 13.2. The lowest BCUT2D eigenvalue weighted by molar-refractivity contribution is -0.136. The van der Waals surface area contributed by atoms with Crippen molar-refractivity contribution in [2.45, 2.75) is 38.4 Å². The van der Waals surface area contributed by atoms with Crippen LogP contribution in [0.25, 0.3) is 0 Å². The van der Waals surface area contributed by atoms with Gasteiger partial charge < -0.3 is 15.0 Å². The summed E-state index contributed by atoms with van der Waals surface area (Å²) in [7, 11) is 0. The van der Waals surface area contributed by atoms with Gasteiger partial charge in [0.2, 0.25) is 11.8 Å². The number of rotatable bonds is 6. The van der Waals surface area contributed by atoms with E-state index in [1.54, 1.807) is 35.2 Å². The van der Waals surface area contributed by atoms with Crippen molar-refractivity contribution < 1.29 is 27.3 Å². The van der Waals surface area contributed by atoms with Crippen LogP contribution in [0.1, 0.15) is 48.0 Å². The van der Waals surface area contributed by atoms with Gasteiger partial charge in [-0.15, -0.1) is 0 Å². The molecule has 0 unspecified atom stereocenters. The summed E-state index contributed by atoms with van der Waals surface area (Å²) < 4.78 is 54.7. The lowest BCUT2D eigenvalue weighted by Crippen LogP contribution is -2.52. The summed E-state index contributed by atoms with van der Waals surface area (Å²) in [5, 5.41) is 5.12. The van der Waals surface area contributed by atoms with E-state index in [-0.39, 0.29) is 12.1 Å². The standard InChI is InChI=1S/C25H28N4O4/c30-23-9-8-22(24(31)27-23)29-16-20-19(25(29)32)2-1-3-21(20)26-14-17-4-6-18(7-5-17)15-28-10-12-33-13-11-28/h1-7,22,26H,8-16H2,(H,27,30,31)/t22-/m1/s1/i8D2,9D2,15D2. The zero-order valence-electron chi connectivity index (χ0n) is 23.9. The number of carbonyl (C=O) groups excluding carboxylic acids is 3. The molecule has 2 N–H and O–H groups in total. The highest BCUT2D eigenvalue weighted by atomic mass is 16.5. The van der Waals surface area contributed by atoms with Gasteiger partial charge in [-0.1, -0.05) is 30.3 Å². The second kappa shape index (κ2) is 9.33. The van der Waals surface area contributed by atoms with E-state index in [1.807, 2.05) is 17.4 Å². The third-order valence-electron chi connectivity index (χ3n) is 5.85. The highest BCUT2D eigenvalue weighted by molar-refractivity contribution is 6.06. The molecule has 2 aromatic carbocycles. The molecule has 0 bridgehead atoms. The summed E-state index contributed by atoms with van der Waals surface area (Å²) in [5.41, 5.74) is 2.78. The summed E-state index contributed by atoms with van der Waals surface area (Å²) in [6.07, 6.45) is -5.95. The molecule has 2 aromatic rings. The van der Waals surface area contributed by atoms with Crippen LogP contribution in [0.3, 0.4) is 0 Å². The van der Waals surface area contributed by atoms with Crippen molar-refractivity contribution in [1.82, 2.24) is 15.1 Å². The number of nitrogens with one attached hydrogen (secondary N) is 2. The van der Waals surface area contributed by atoms with E-state index in [4.69, 9.17) is 13.0 Å². The highest BCUT2D eigenvalue weighted by Gasteiger charge is 2.39. The molecule has 0 radical (unpaired) electrons. The van der Waals surface area contributed by atoms with Crippen molar-refractivity contribution in [3.05, 3.63) is 64.7 Å². The van der Waals surface area contributed by atoms with Crippen molar-refractivity contribution in [2.75, 3.05) is 31.6 Å². The molecule has 0 aromatic heterocycles. The summed E-state index contributed by atoms with van der Waals surface area (Å²) in [6.45, 7) is 0.585. The summed E-state index contributed by atoms with van der Waals surface area (Å²) in [6, 6.07) is 10.3. The molecule has 3 aliphatic heterocycles. The smallest absolute Gasteiger partial charge is 0.255 e. The van der Waals surface area contributed by atoms with Gasteiger partial charge in [0.1, 0.15) is 6.04 Å². The van der Waals surface area contributed by atoms with Crippen LogP contribution in [0.2, 0.25) is 0 Å². The first-order valence-corrected chi connectivity index (χ1v) is 10.8. The van der Waals surface area contributed by atoms with Gasteiger partial charge in [-0.3, -0.25) is 24.6 Å². The van der Waals surface area contributed by atoms with Crippen molar-refractivity contribution in [3.8, 4) is 0 Å². The number of hydrogen-bond donors (Lipinski definition) is 2. The molecule has 5 rings (SSSR count). The first kappa shape index (κ1) is 15.6. The molecule has 3 heterocycles. The molecule has 2 fully saturated rings. The van der Waals surface area contributed by atoms with E-state index in [0.29, 0.717) is 49.7 Å². The van der Waals surface area contributed by atoms with Crippen LogP contribution in [-0.2, 0) is 33.9 Å². The zero-order chi connectivity index (χ0) is 28.2. The van der Waals surface area contributed by atoms with Crippen molar-refractivity contribution in [2.24, 2.45) is 0 Å². The van der Waals surface area contributed by atoms with E-state index in [1.165, 1.54) is 0 Å². The Morgan fingerprint density at radius 1 is 1.09 bits per heavy atom. The van der Waals surface area contributed by atoms with Crippen LogP contribution in [0.15, 0.2) is 42.5 Å². The number of benzene rings is 2. The van der Waals surface area contributed by atoms with Crippen LogP contribution in [0.5, 0.6) is 0 Å². The third-order valence-corrected chi connectivity index (χ3v) is 5.85. The van der Waals surface area contributed by atoms with Crippen LogP contribution < -0.4 is 10.6 Å². The number of piperidine rings is 1. The molecule has 0 aliphatic carbocycles. The Kier molecular flexibility index (Phi) is 4.40. The van der Waals surface area contributed by atoms with E-state index >= 15 is 0 Å². The number of ether oxygens (including phenoxy) is 1. The van der Waals surface area contributed by atoms with Gasteiger partial charge >= 0.3 is 0 Å². The topological polar surface area (TPSA) is 91.0 Å². The average molecular weight is 455 g/mol. The van der Waals surface area contributed by atoms with E-state index < -0.39 is 43.0 Å². The van der Waals surface area contributed by atoms with Crippen LogP contribution in [-0.4, -0.2) is 59.9 Å². The lowest BCUT2D eigenvalue weighted by atomic mass is 10.0. The Morgan fingerprint density at radius 2 is 1.85 bits per heavy atom. The summed E-state index contributed by atoms with van der Waals surface area (Å²) >= 11 is 0. The van der Waals surface area contributed by atoms with Crippen molar-refractivity contribution in [3.63, 3.8) is 0 Å². The second-order valence-electron chi connectivity index (χ2n) is 8.02. The molecular weight excluding hydrogens is 420 g/mol. The minimum atomic E-state index is -3.01. The monoisotopic (exact) mass is 454 g/mol. The summed E-state index contributed by atoms with van der Waals surface area (Å²) in [4.78, 5) is 40.5. The molecule has 2 saturated heterocycles. The number of amides is 3. The predicted octanol–water partition coefficient (Wildman–Crippen LogP) is 1.89. The molecule has 33 heavy (non-hydrogen) atoms. The number of nitrogens with zero attached hydrogens (tertiary/aromatic N) is 2. The van der Waals surface area contributed by atoms with Crippen LogP contribution >= 0.6 is 0 Å². The van der Waals surface area contributed by atoms with E-state index in [9.17, 15) is 14.4 Å². The summed E-state index contributed by atoms with van der Waals surface area (Å²) in [5.74, 6) is -3.06. The van der Waals surface area contributed by atoms with Gasteiger partial charge in [0.05, 0.1) is 13.2 Å². The number of anilines is 1. The Hall–Kier alpha value is -3.23. The molecule has 8 heteroatoms. The molecule has 3 aliphatic rings. The van der Waals surface area contributed by atoms with E-state index in [0.717, 1.165) is 10.5 Å². The van der Waals surface area contributed by atoms with Gasteiger partial charge in [0.25, 0.3) is 5.91 Å². The Balaban J connectivity index is 1.32. The van der Waals surface area contributed by atoms with Crippen molar-refractivity contribution >= 4 is 23.4 Å². The Morgan fingerprint density at radius 3 is 2.64 bits per heavy atom. The minimum absolute atomic E-state index is 0.141. The molecule has 3 amide bonds. The van der Waals surface area contributed by atoms with Crippen LogP contribution in [0, 0.1) is 0 Å². The fraction of sp³-hybridized carbons (Fsp3) is 0.400. The van der Waals surface area contributed by atoms with Crippen molar-refractivity contribution in [1.29, 1.82) is 0 Å². The van der Waals surface area contributed by atoms with E-state index in [2.05, 4.69) is 5.32 Å². The number of carbonyl (C=O) groups is 3. The average Bonchev–Trinajstić information content (AvgIpc) is 3.23. The predicted molar refractivity (Wildman–Crippen MR) is 122 cm³/mol. The second-order valence-corrected chi connectivity index (χ2v) is 8.02. The number of fused-ring (bicyclic) bond motifs is 1. The normalized spacial score (nSPS) is 27.3. The first-order valence-electron chi connectivity index (χ1n) is 13.8. The molecule has 1 atom stereocenters. The van der Waals surface area contributed by atoms with Gasteiger partial charge in [-0.25, -0.2) is 0 Å². The molecule has 0 saturated carbocycles. The molecular formula is C25H28N4O4. The van der Waals surface area contributed by atoms with Gasteiger partial charge in [-0.05, 0) is 29.6 Å². The lowest BCUT2D eigenvalue weighted by Gasteiger charge is -2.29. The van der Waals surface area contributed by atoms with Crippen LogP contribution in [0.4, 0.5) is 5.69 Å². The maximum Gasteiger partial charge on any atom is 0.255 e. The Bertz CT molecular complexity index is 1310. The van der Waals surface area contributed by atoms with Gasteiger partial charge in [-0.2, -0.15) is 0 Å². The maximum absolute atomic E-state index is 13.2. The third kappa shape index (κ3) is 4.62. The van der Waals surface area contributed by atoms with Gasteiger partial charge in [0.15, 0.2) is 0 Å². The quantitative estimate of drug-likeness (QED) is 0.648. The zero-order valence-corrected chi connectivity index (χ0v) is 17.9. The number of imide groups is 1. The number of morpholine rings is 1. The molecule has 172 valence electrons. The Labute approximate surface area is 201 Å². The molecule has 8 nitrogen and oxygen atoms in total. The highest BCUT2D eigenvalue weighted by Crippen LogP contribution is 2.32. The van der Waals surface area contributed by atoms with Gasteiger partial charge in [0, 0.05) is 64.1 Å². The SMILES string of the molecule is [2H]C([2H])(c1ccc(CNc2cccc3c2CN([C@H]2C(=O)NC(=O)C([2H])([2H])C2([2H])[2H])C3=O)cc1)N1CCOCC1. The largest absolute Gasteiger partial charge is 0.381 e. The fourth-order valence-corrected chi connectivity index (χ4v) is 4.11.